The Morgan fingerprint density at radius 1 is 1.03 bits per heavy atom. The molecule has 2 atom stereocenters. The zero-order valence-corrected chi connectivity index (χ0v) is 20.1. The molecule has 1 unspecified atom stereocenters. The van der Waals surface area contributed by atoms with Crippen molar-refractivity contribution in [2.24, 2.45) is 16.6 Å². The second-order valence-corrected chi connectivity index (χ2v) is 9.86. The summed E-state index contributed by atoms with van der Waals surface area (Å²) in [5.41, 5.74) is 9.43. The van der Waals surface area contributed by atoms with Gasteiger partial charge in [-0.15, -0.1) is 0 Å². The summed E-state index contributed by atoms with van der Waals surface area (Å²) >= 11 is 6.18. The average Bonchev–Trinajstić information content (AvgIpc) is 3.37. The van der Waals surface area contributed by atoms with Crippen molar-refractivity contribution in [1.29, 1.82) is 0 Å². The number of nitrogens with zero attached hydrogens (tertiary/aromatic N) is 3. The number of amides is 1. The van der Waals surface area contributed by atoms with Crippen LogP contribution in [-0.2, 0) is 16.9 Å². The number of aliphatic imine (C=N–C) groups is 1. The number of halogens is 1. The van der Waals surface area contributed by atoms with Crippen molar-refractivity contribution in [1.82, 2.24) is 9.80 Å². The Labute approximate surface area is 205 Å². The van der Waals surface area contributed by atoms with Crippen LogP contribution in [0.1, 0.15) is 24.5 Å². The largest absolute Gasteiger partial charge is 0.369 e. The van der Waals surface area contributed by atoms with Crippen LogP contribution in [0.4, 0.5) is 0 Å². The molecule has 3 aromatic rings. The summed E-state index contributed by atoms with van der Waals surface area (Å²) in [6, 6.07) is 26.1. The summed E-state index contributed by atoms with van der Waals surface area (Å²) in [6.07, 6.45) is 1.05. The second kappa shape index (κ2) is 9.24. The van der Waals surface area contributed by atoms with E-state index in [2.05, 4.69) is 34.2 Å². The van der Waals surface area contributed by atoms with E-state index in [9.17, 15) is 4.79 Å². The number of likely N-dealkylation sites (tertiary alicyclic amines) is 1. The monoisotopic (exact) mass is 472 g/mol. The Balaban J connectivity index is 1.30. The summed E-state index contributed by atoms with van der Waals surface area (Å²) in [5, 5.41) is 0.678. The summed E-state index contributed by atoms with van der Waals surface area (Å²) in [7, 11) is 0. The van der Waals surface area contributed by atoms with Gasteiger partial charge in [0, 0.05) is 24.7 Å². The van der Waals surface area contributed by atoms with E-state index in [4.69, 9.17) is 17.3 Å². The topological polar surface area (TPSA) is 61.9 Å². The molecule has 1 saturated heterocycles. The summed E-state index contributed by atoms with van der Waals surface area (Å²) in [4.78, 5) is 22.4. The minimum atomic E-state index is -1.03. The molecule has 0 radical (unpaired) electrons. The van der Waals surface area contributed by atoms with Crippen LogP contribution in [0.15, 0.2) is 83.9 Å². The molecule has 0 spiro atoms. The van der Waals surface area contributed by atoms with Crippen molar-refractivity contribution in [3.8, 4) is 11.1 Å². The number of benzene rings is 3. The number of nitrogens with two attached hydrogens (primary N) is 1. The molecular formula is C28H29ClN4O. The van der Waals surface area contributed by atoms with Gasteiger partial charge in [-0.25, -0.2) is 4.99 Å². The van der Waals surface area contributed by atoms with Gasteiger partial charge in [-0.2, -0.15) is 0 Å². The van der Waals surface area contributed by atoms with Gasteiger partial charge in [-0.05, 0) is 66.3 Å². The van der Waals surface area contributed by atoms with Gasteiger partial charge in [0.25, 0.3) is 5.91 Å². The van der Waals surface area contributed by atoms with Gasteiger partial charge >= 0.3 is 0 Å². The number of hydrogen-bond acceptors (Lipinski definition) is 4. The fourth-order valence-corrected chi connectivity index (χ4v) is 5.23. The number of guanidine groups is 1. The maximum Gasteiger partial charge on any atom is 0.261 e. The molecule has 0 aliphatic carbocycles. The quantitative estimate of drug-likeness (QED) is 0.555. The Hall–Kier alpha value is -3.15. The van der Waals surface area contributed by atoms with Gasteiger partial charge < -0.3 is 5.73 Å². The highest BCUT2D eigenvalue weighted by Crippen LogP contribution is 2.36. The zero-order valence-electron chi connectivity index (χ0n) is 19.3. The van der Waals surface area contributed by atoms with Crippen molar-refractivity contribution in [3.05, 3.63) is 95.0 Å². The van der Waals surface area contributed by atoms with Crippen molar-refractivity contribution in [3.63, 3.8) is 0 Å². The Morgan fingerprint density at radius 3 is 2.53 bits per heavy atom. The normalized spacial score (nSPS) is 22.9. The molecule has 0 saturated carbocycles. The van der Waals surface area contributed by atoms with Crippen molar-refractivity contribution in [2.75, 3.05) is 19.6 Å². The maximum absolute atomic E-state index is 13.6. The van der Waals surface area contributed by atoms with Crippen LogP contribution in [0.25, 0.3) is 11.1 Å². The first-order valence-corrected chi connectivity index (χ1v) is 12.1. The van der Waals surface area contributed by atoms with Crippen LogP contribution < -0.4 is 5.73 Å². The first kappa shape index (κ1) is 22.6. The molecule has 34 heavy (non-hydrogen) atoms. The third kappa shape index (κ3) is 4.46. The van der Waals surface area contributed by atoms with Gasteiger partial charge in [0.15, 0.2) is 11.5 Å². The number of carbonyl (C=O) groups excluding carboxylic acids is 1. The predicted molar refractivity (Wildman–Crippen MR) is 137 cm³/mol. The van der Waals surface area contributed by atoms with Crippen LogP contribution >= 0.6 is 11.6 Å². The summed E-state index contributed by atoms with van der Waals surface area (Å²) in [6.45, 7) is 5.37. The smallest absolute Gasteiger partial charge is 0.261 e. The second-order valence-electron chi connectivity index (χ2n) is 9.42. The molecule has 5 nitrogen and oxygen atoms in total. The van der Waals surface area contributed by atoms with E-state index in [0.717, 1.165) is 42.7 Å². The summed E-state index contributed by atoms with van der Waals surface area (Å²) < 4.78 is 0. The lowest BCUT2D eigenvalue weighted by Crippen LogP contribution is -2.44. The maximum atomic E-state index is 13.6. The van der Waals surface area contributed by atoms with E-state index in [1.165, 1.54) is 5.56 Å². The van der Waals surface area contributed by atoms with Crippen LogP contribution in [-0.4, -0.2) is 41.3 Å². The van der Waals surface area contributed by atoms with Crippen LogP contribution in [0, 0.1) is 5.92 Å². The molecule has 0 bridgehead atoms. The van der Waals surface area contributed by atoms with E-state index >= 15 is 0 Å². The van der Waals surface area contributed by atoms with Crippen LogP contribution in [0.3, 0.4) is 0 Å². The highest BCUT2D eigenvalue weighted by molar-refractivity contribution is 6.30. The third-order valence-corrected chi connectivity index (χ3v) is 7.15. The Kier molecular flexibility index (Phi) is 6.15. The molecule has 2 heterocycles. The van der Waals surface area contributed by atoms with Crippen LogP contribution in [0.5, 0.6) is 0 Å². The first-order chi connectivity index (χ1) is 16.4. The highest BCUT2D eigenvalue weighted by atomic mass is 35.5. The lowest BCUT2D eigenvalue weighted by molar-refractivity contribution is -0.131. The molecule has 2 aliphatic heterocycles. The minimum Gasteiger partial charge on any atom is -0.369 e. The van der Waals surface area contributed by atoms with E-state index in [-0.39, 0.29) is 5.91 Å². The molecule has 1 fully saturated rings. The van der Waals surface area contributed by atoms with Gasteiger partial charge in [0.2, 0.25) is 0 Å². The number of hydrogen-bond donors (Lipinski definition) is 1. The van der Waals surface area contributed by atoms with Gasteiger partial charge in [0.1, 0.15) is 0 Å². The summed E-state index contributed by atoms with van der Waals surface area (Å²) in [5.74, 6) is 0.624. The molecule has 2 aliphatic rings. The molecule has 1 amide bonds. The van der Waals surface area contributed by atoms with E-state index < -0.39 is 5.54 Å². The van der Waals surface area contributed by atoms with E-state index in [1.54, 1.807) is 4.90 Å². The number of carbonyl (C=O) groups is 1. The lowest BCUT2D eigenvalue weighted by Gasteiger charge is -2.25. The SMILES string of the molecule is CC1(c2cccc(-c3cccc(Cl)c3)c2)N=C(N)N(C[C@@H]2CCN(Cc3ccccc3)C2)C1=O. The van der Waals surface area contributed by atoms with Crippen molar-refractivity contribution in [2.45, 2.75) is 25.4 Å². The average molecular weight is 473 g/mol. The molecule has 5 rings (SSSR count). The third-order valence-electron chi connectivity index (χ3n) is 6.92. The van der Waals surface area contributed by atoms with Crippen molar-refractivity contribution < 1.29 is 4.79 Å². The lowest BCUT2D eigenvalue weighted by atomic mass is 9.89. The predicted octanol–water partition coefficient (Wildman–Crippen LogP) is 4.90. The Morgan fingerprint density at radius 2 is 1.76 bits per heavy atom. The van der Waals surface area contributed by atoms with E-state index in [0.29, 0.717) is 23.4 Å². The first-order valence-electron chi connectivity index (χ1n) is 11.7. The van der Waals surface area contributed by atoms with Crippen molar-refractivity contribution >= 4 is 23.5 Å². The molecule has 174 valence electrons. The fraction of sp³-hybridized carbons (Fsp3) is 0.286. The zero-order chi connectivity index (χ0) is 23.7. The molecule has 2 N–H and O–H groups in total. The minimum absolute atomic E-state index is 0.0604. The number of rotatable bonds is 6. The molecule has 3 aromatic carbocycles. The molecule has 6 heteroatoms. The van der Waals surface area contributed by atoms with E-state index in [1.807, 2.05) is 61.5 Å². The standard InChI is InChI=1S/C28H29ClN4O/c1-28(24-11-5-9-22(15-24)23-10-6-12-25(29)16-23)26(34)33(27(30)31-28)19-21-13-14-32(18-21)17-20-7-3-2-4-8-20/h2-12,15-16,21H,13-14,17-19H2,1H3,(H2,30,31)/t21-,28?/m1/s1. The Bertz CT molecular complexity index is 1230. The van der Waals surface area contributed by atoms with Gasteiger partial charge in [-0.3, -0.25) is 14.6 Å². The van der Waals surface area contributed by atoms with Gasteiger partial charge in [0.05, 0.1) is 0 Å². The van der Waals surface area contributed by atoms with Gasteiger partial charge in [-0.1, -0.05) is 72.3 Å². The van der Waals surface area contributed by atoms with Crippen LogP contribution in [0.2, 0.25) is 5.02 Å². The molecular weight excluding hydrogens is 444 g/mol. The molecule has 0 aromatic heterocycles. The highest BCUT2D eigenvalue weighted by Gasteiger charge is 2.46. The fourth-order valence-electron chi connectivity index (χ4n) is 5.04.